The molecule has 1 saturated heterocycles. The van der Waals surface area contributed by atoms with Crippen molar-refractivity contribution >= 4 is 34.1 Å². The zero-order valence-electron chi connectivity index (χ0n) is 16.9. The summed E-state index contributed by atoms with van der Waals surface area (Å²) in [5, 5.41) is 1.73. The normalized spacial score (nSPS) is 20.6. The number of nitrogens with zero attached hydrogens (tertiary/aromatic N) is 2. The highest BCUT2D eigenvalue weighted by molar-refractivity contribution is 7.80. The SMILES string of the molecule is COCCN1C(=O)C2Cc3c([nH]c4ccccc34)C(c3ccc(OC)cc3)N2C1=S. The Morgan fingerprint density at radius 1 is 1.13 bits per heavy atom. The molecule has 0 aliphatic carbocycles. The van der Waals surface area contributed by atoms with Crippen molar-refractivity contribution < 1.29 is 14.3 Å². The van der Waals surface area contributed by atoms with Crippen LogP contribution in [0.5, 0.6) is 5.75 Å². The number of carbonyl (C=O) groups is 1. The molecule has 2 aromatic carbocycles. The van der Waals surface area contributed by atoms with E-state index >= 15 is 0 Å². The fourth-order valence-electron chi connectivity index (χ4n) is 4.65. The number of aromatic amines is 1. The first kappa shape index (κ1) is 19.1. The highest BCUT2D eigenvalue weighted by atomic mass is 32.1. The van der Waals surface area contributed by atoms with E-state index in [0.717, 1.165) is 22.5 Å². The molecule has 3 aromatic rings. The zero-order valence-corrected chi connectivity index (χ0v) is 17.7. The summed E-state index contributed by atoms with van der Waals surface area (Å²) in [6.07, 6.45) is 0.633. The van der Waals surface area contributed by atoms with Crippen molar-refractivity contribution in [3.8, 4) is 5.75 Å². The minimum atomic E-state index is -0.312. The van der Waals surface area contributed by atoms with Gasteiger partial charge in [-0.15, -0.1) is 0 Å². The fourth-order valence-corrected chi connectivity index (χ4v) is 5.06. The lowest BCUT2D eigenvalue weighted by molar-refractivity contribution is -0.128. The van der Waals surface area contributed by atoms with E-state index in [1.807, 2.05) is 36.4 Å². The maximum absolute atomic E-state index is 13.3. The number of hydrogen-bond acceptors (Lipinski definition) is 4. The number of aromatic nitrogens is 1. The van der Waals surface area contributed by atoms with E-state index in [-0.39, 0.29) is 18.0 Å². The van der Waals surface area contributed by atoms with Crippen LogP contribution in [0, 0.1) is 0 Å². The molecule has 154 valence electrons. The molecule has 1 aromatic heterocycles. The Bertz CT molecular complexity index is 1120. The third-order valence-electron chi connectivity index (χ3n) is 6.08. The Morgan fingerprint density at radius 3 is 2.63 bits per heavy atom. The van der Waals surface area contributed by atoms with Crippen LogP contribution in [0.4, 0.5) is 0 Å². The van der Waals surface area contributed by atoms with Crippen LogP contribution in [-0.2, 0) is 16.0 Å². The van der Waals surface area contributed by atoms with Crippen molar-refractivity contribution in [3.63, 3.8) is 0 Å². The Hall–Kier alpha value is -2.90. The van der Waals surface area contributed by atoms with E-state index < -0.39 is 0 Å². The van der Waals surface area contributed by atoms with Crippen LogP contribution in [-0.4, -0.2) is 59.2 Å². The Balaban J connectivity index is 1.66. The molecule has 0 bridgehead atoms. The van der Waals surface area contributed by atoms with Gasteiger partial charge in [0.2, 0.25) is 0 Å². The number of rotatable bonds is 5. The second kappa shape index (κ2) is 7.41. The molecule has 2 aliphatic rings. The molecular weight excluding hydrogens is 398 g/mol. The lowest BCUT2D eigenvalue weighted by Crippen LogP contribution is -2.44. The summed E-state index contributed by atoms with van der Waals surface area (Å²) in [6, 6.07) is 15.8. The number of H-pyrrole nitrogens is 1. The molecule has 1 fully saturated rings. The Morgan fingerprint density at radius 2 is 1.90 bits per heavy atom. The molecule has 1 amide bonds. The molecule has 6 nitrogen and oxygen atoms in total. The molecule has 30 heavy (non-hydrogen) atoms. The molecule has 2 unspecified atom stereocenters. The minimum Gasteiger partial charge on any atom is -0.497 e. The third kappa shape index (κ3) is 2.80. The lowest BCUT2D eigenvalue weighted by atomic mass is 9.89. The number of para-hydroxylation sites is 1. The quantitative estimate of drug-likeness (QED) is 0.641. The number of ether oxygens (including phenoxy) is 2. The number of benzene rings is 2. The standard InChI is InChI=1S/C23H23N3O3S/c1-28-12-11-25-22(27)19-13-17-16-5-3-4-6-18(16)24-20(17)21(26(19)23(25)30)14-7-9-15(29-2)10-8-14/h3-10,19,21,24H,11-13H2,1-2H3. The maximum atomic E-state index is 13.3. The molecule has 3 heterocycles. The van der Waals surface area contributed by atoms with E-state index in [2.05, 4.69) is 22.0 Å². The largest absolute Gasteiger partial charge is 0.497 e. The molecular formula is C23H23N3O3S. The van der Waals surface area contributed by atoms with E-state index in [0.29, 0.717) is 24.7 Å². The second-order valence-corrected chi connectivity index (χ2v) is 8.00. The van der Waals surface area contributed by atoms with Crippen molar-refractivity contribution in [2.75, 3.05) is 27.4 Å². The van der Waals surface area contributed by atoms with Crippen LogP contribution >= 0.6 is 12.2 Å². The van der Waals surface area contributed by atoms with Gasteiger partial charge in [-0.25, -0.2) is 0 Å². The van der Waals surface area contributed by atoms with Crippen molar-refractivity contribution in [1.82, 2.24) is 14.8 Å². The molecule has 0 spiro atoms. The first-order valence-corrected chi connectivity index (χ1v) is 10.4. The first-order chi connectivity index (χ1) is 14.6. The van der Waals surface area contributed by atoms with Crippen molar-refractivity contribution in [2.24, 2.45) is 0 Å². The predicted octanol–water partition coefficient (Wildman–Crippen LogP) is 3.27. The van der Waals surface area contributed by atoms with Crippen molar-refractivity contribution in [1.29, 1.82) is 0 Å². The van der Waals surface area contributed by atoms with E-state index in [4.69, 9.17) is 21.7 Å². The maximum Gasteiger partial charge on any atom is 0.251 e. The predicted molar refractivity (Wildman–Crippen MR) is 119 cm³/mol. The van der Waals surface area contributed by atoms with Gasteiger partial charge < -0.3 is 19.4 Å². The van der Waals surface area contributed by atoms with Gasteiger partial charge >= 0.3 is 0 Å². The summed E-state index contributed by atoms with van der Waals surface area (Å²) in [4.78, 5) is 20.7. The van der Waals surface area contributed by atoms with Crippen LogP contribution in [0.3, 0.4) is 0 Å². The smallest absolute Gasteiger partial charge is 0.251 e. The first-order valence-electron chi connectivity index (χ1n) is 10.00. The van der Waals surface area contributed by atoms with Gasteiger partial charge in [-0.3, -0.25) is 9.69 Å². The minimum absolute atomic E-state index is 0.0477. The molecule has 2 atom stereocenters. The summed E-state index contributed by atoms with van der Waals surface area (Å²) in [5.41, 5.74) is 4.44. The molecule has 5 rings (SSSR count). The van der Waals surface area contributed by atoms with Gasteiger partial charge in [0, 0.05) is 30.1 Å². The number of carbonyl (C=O) groups excluding carboxylic acids is 1. The van der Waals surface area contributed by atoms with Gasteiger partial charge in [0.1, 0.15) is 11.8 Å². The summed E-state index contributed by atoms with van der Waals surface area (Å²) in [7, 11) is 3.29. The number of hydrogen-bond donors (Lipinski definition) is 1. The third-order valence-corrected chi connectivity index (χ3v) is 6.52. The molecule has 7 heteroatoms. The van der Waals surface area contributed by atoms with Gasteiger partial charge in [0.05, 0.1) is 26.3 Å². The fraction of sp³-hybridized carbons (Fsp3) is 0.304. The van der Waals surface area contributed by atoms with Gasteiger partial charge in [-0.05, 0) is 41.5 Å². The number of fused-ring (bicyclic) bond motifs is 4. The average molecular weight is 422 g/mol. The second-order valence-electron chi connectivity index (χ2n) is 7.63. The Labute approximate surface area is 180 Å². The number of methoxy groups -OCH3 is 2. The van der Waals surface area contributed by atoms with Gasteiger partial charge in [-0.2, -0.15) is 0 Å². The van der Waals surface area contributed by atoms with Crippen LogP contribution in [0.25, 0.3) is 10.9 Å². The van der Waals surface area contributed by atoms with Gasteiger partial charge in [0.15, 0.2) is 5.11 Å². The van der Waals surface area contributed by atoms with E-state index in [9.17, 15) is 4.79 Å². The summed E-state index contributed by atoms with van der Waals surface area (Å²) >= 11 is 5.80. The van der Waals surface area contributed by atoms with Crippen LogP contribution in [0.15, 0.2) is 48.5 Å². The summed E-state index contributed by atoms with van der Waals surface area (Å²) < 4.78 is 10.5. The Kier molecular flexibility index (Phi) is 4.72. The highest BCUT2D eigenvalue weighted by Crippen LogP contribution is 2.44. The van der Waals surface area contributed by atoms with Crippen molar-refractivity contribution in [3.05, 3.63) is 65.4 Å². The summed E-state index contributed by atoms with van der Waals surface area (Å²) in [6.45, 7) is 0.916. The van der Waals surface area contributed by atoms with Gasteiger partial charge in [-0.1, -0.05) is 30.3 Å². The lowest BCUT2D eigenvalue weighted by Gasteiger charge is -2.37. The highest BCUT2D eigenvalue weighted by Gasteiger charge is 2.50. The van der Waals surface area contributed by atoms with Crippen LogP contribution in [0.2, 0.25) is 0 Å². The van der Waals surface area contributed by atoms with Crippen LogP contribution in [0.1, 0.15) is 22.9 Å². The molecule has 0 saturated carbocycles. The van der Waals surface area contributed by atoms with Crippen LogP contribution < -0.4 is 4.74 Å². The molecule has 0 radical (unpaired) electrons. The number of thiocarbonyl (C=S) groups is 1. The average Bonchev–Trinajstić information content (AvgIpc) is 3.26. The topological polar surface area (TPSA) is 57.8 Å². The van der Waals surface area contributed by atoms with Crippen molar-refractivity contribution in [2.45, 2.75) is 18.5 Å². The van der Waals surface area contributed by atoms with E-state index in [1.54, 1.807) is 19.1 Å². The monoisotopic (exact) mass is 421 g/mol. The summed E-state index contributed by atoms with van der Waals surface area (Å²) in [5.74, 6) is 0.844. The molecule has 1 N–H and O–H groups in total. The zero-order chi connectivity index (χ0) is 20.8. The number of nitrogens with one attached hydrogen (secondary N) is 1. The number of amides is 1. The van der Waals surface area contributed by atoms with E-state index in [1.165, 1.54) is 10.9 Å². The van der Waals surface area contributed by atoms with Gasteiger partial charge in [0.25, 0.3) is 5.91 Å². The molecule has 2 aliphatic heterocycles.